The van der Waals surface area contributed by atoms with E-state index in [9.17, 15) is 14.7 Å². The Morgan fingerprint density at radius 3 is 2.14 bits per heavy atom. The number of benzene rings is 2. The highest BCUT2D eigenvalue weighted by atomic mass is 16.6. The van der Waals surface area contributed by atoms with Gasteiger partial charge in [0.25, 0.3) is 0 Å². The number of ether oxygens (including phenoxy) is 1. The molecule has 0 bridgehead atoms. The molecule has 3 aliphatic rings. The Labute approximate surface area is 163 Å². The maximum atomic E-state index is 12.7. The molecule has 1 saturated heterocycles. The van der Waals surface area contributed by atoms with Crippen molar-refractivity contribution in [2.24, 2.45) is 5.41 Å². The molecule has 2 aromatic carbocycles. The van der Waals surface area contributed by atoms with E-state index in [0.29, 0.717) is 6.54 Å². The van der Waals surface area contributed by atoms with Crippen molar-refractivity contribution in [1.29, 1.82) is 0 Å². The number of carbonyl (C=O) groups excluding carboxylic acids is 1. The Hall–Kier alpha value is -2.82. The Balaban J connectivity index is 1.33. The van der Waals surface area contributed by atoms with Crippen molar-refractivity contribution >= 4 is 12.1 Å². The van der Waals surface area contributed by atoms with E-state index in [4.69, 9.17) is 4.74 Å². The molecule has 1 spiro atoms. The highest BCUT2D eigenvalue weighted by Gasteiger charge is 2.59. The van der Waals surface area contributed by atoms with Crippen LogP contribution in [0.3, 0.4) is 0 Å². The number of amides is 1. The molecular formula is C23H23NO4. The summed E-state index contributed by atoms with van der Waals surface area (Å²) in [6.45, 7) is 0.726. The van der Waals surface area contributed by atoms with Gasteiger partial charge in [-0.25, -0.2) is 9.59 Å². The number of aliphatic carboxylic acids is 1. The highest BCUT2D eigenvalue weighted by molar-refractivity contribution is 5.84. The van der Waals surface area contributed by atoms with Gasteiger partial charge in [-0.3, -0.25) is 4.90 Å². The van der Waals surface area contributed by atoms with Crippen LogP contribution < -0.4 is 0 Å². The number of nitrogens with zero attached hydrogens (tertiary/aromatic N) is 1. The lowest BCUT2D eigenvalue weighted by Crippen LogP contribution is -2.68. The molecule has 2 fully saturated rings. The standard InChI is InChI=1S/C23H23NO4/c25-21(26)20-23(11-5-6-12-23)14-24(20)22(27)28-13-19-17-9-3-1-7-15(17)16-8-2-4-10-18(16)19/h1-4,7-10,19-20H,5-6,11-14H2,(H,25,26). The fourth-order valence-electron chi connectivity index (χ4n) is 5.49. The van der Waals surface area contributed by atoms with Gasteiger partial charge in [0.15, 0.2) is 0 Å². The van der Waals surface area contributed by atoms with Crippen LogP contribution in [0.1, 0.15) is 42.7 Å². The molecular weight excluding hydrogens is 354 g/mol. The third kappa shape index (κ3) is 2.45. The summed E-state index contributed by atoms with van der Waals surface area (Å²) in [6, 6.07) is 15.6. The van der Waals surface area contributed by atoms with E-state index in [1.807, 2.05) is 24.3 Å². The molecule has 1 aliphatic heterocycles. The number of likely N-dealkylation sites (tertiary alicyclic amines) is 1. The molecule has 5 nitrogen and oxygen atoms in total. The zero-order valence-electron chi connectivity index (χ0n) is 15.6. The Morgan fingerprint density at radius 1 is 1.00 bits per heavy atom. The van der Waals surface area contributed by atoms with E-state index in [2.05, 4.69) is 24.3 Å². The fourth-order valence-corrected chi connectivity index (χ4v) is 5.49. The minimum atomic E-state index is -0.915. The van der Waals surface area contributed by atoms with Crippen LogP contribution >= 0.6 is 0 Å². The van der Waals surface area contributed by atoms with Gasteiger partial charge in [-0.05, 0) is 35.1 Å². The van der Waals surface area contributed by atoms with Crippen molar-refractivity contribution in [1.82, 2.24) is 4.90 Å². The first-order valence-corrected chi connectivity index (χ1v) is 9.95. The smallest absolute Gasteiger partial charge is 0.410 e. The SMILES string of the molecule is O=C(O)C1N(C(=O)OCC2c3ccccc3-c3ccccc32)CC12CCCC2. The van der Waals surface area contributed by atoms with Crippen LogP contribution in [-0.4, -0.2) is 41.3 Å². The number of hydrogen-bond acceptors (Lipinski definition) is 3. The first-order chi connectivity index (χ1) is 13.6. The van der Waals surface area contributed by atoms with Crippen molar-refractivity contribution < 1.29 is 19.4 Å². The Morgan fingerprint density at radius 2 is 1.57 bits per heavy atom. The van der Waals surface area contributed by atoms with Crippen LogP contribution in [0.25, 0.3) is 11.1 Å². The third-order valence-corrected chi connectivity index (χ3v) is 6.78. The summed E-state index contributed by atoms with van der Waals surface area (Å²) >= 11 is 0. The van der Waals surface area contributed by atoms with Crippen LogP contribution in [0.2, 0.25) is 0 Å². The van der Waals surface area contributed by atoms with Crippen molar-refractivity contribution in [2.45, 2.75) is 37.6 Å². The molecule has 2 aliphatic carbocycles. The van der Waals surface area contributed by atoms with E-state index in [-0.39, 0.29) is 17.9 Å². The lowest BCUT2D eigenvalue weighted by atomic mass is 9.70. The summed E-state index contributed by atoms with van der Waals surface area (Å²) in [5.74, 6) is -0.928. The van der Waals surface area contributed by atoms with Gasteiger partial charge in [0, 0.05) is 17.9 Å². The maximum absolute atomic E-state index is 12.7. The summed E-state index contributed by atoms with van der Waals surface area (Å²) in [7, 11) is 0. The minimum absolute atomic E-state index is 0.0126. The van der Waals surface area contributed by atoms with Crippen LogP contribution in [0, 0.1) is 5.41 Å². The number of rotatable bonds is 3. The zero-order chi connectivity index (χ0) is 19.3. The predicted molar refractivity (Wildman–Crippen MR) is 104 cm³/mol. The lowest BCUT2D eigenvalue weighted by Gasteiger charge is -2.52. The molecule has 1 atom stereocenters. The lowest BCUT2D eigenvalue weighted by molar-refractivity contribution is -0.161. The normalized spacial score (nSPS) is 21.9. The zero-order valence-corrected chi connectivity index (χ0v) is 15.6. The number of carbonyl (C=O) groups is 2. The van der Waals surface area contributed by atoms with Crippen LogP contribution in [0.15, 0.2) is 48.5 Å². The van der Waals surface area contributed by atoms with Crippen molar-refractivity contribution in [3.05, 3.63) is 59.7 Å². The monoisotopic (exact) mass is 377 g/mol. The largest absolute Gasteiger partial charge is 0.480 e. The first kappa shape index (κ1) is 17.3. The molecule has 1 amide bonds. The van der Waals surface area contributed by atoms with Gasteiger partial charge in [-0.2, -0.15) is 0 Å². The van der Waals surface area contributed by atoms with E-state index in [1.54, 1.807) is 0 Å². The molecule has 1 saturated carbocycles. The number of fused-ring (bicyclic) bond motifs is 3. The molecule has 5 heteroatoms. The Kier molecular flexibility index (Phi) is 3.93. The first-order valence-electron chi connectivity index (χ1n) is 9.95. The van der Waals surface area contributed by atoms with Gasteiger partial charge < -0.3 is 9.84 Å². The quantitative estimate of drug-likeness (QED) is 0.868. The fraction of sp³-hybridized carbons (Fsp3) is 0.391. The van der Waals surface area contributed by atoms with Crippen molar-refractivity contribution in [3.63, 3.8) is 0 Å². The maximum Gasteiger partial charge on any atom is 0.410 e. The summed E-state index contributed by atoms with van der Waals surface area (Å²) in [5, 5.41) is 9.67. The van der Waals surface area contributed by atoms with Gasteiger partial charge in [-0.1, -0.05) is 61.4 Å². The molecule has 0 radical (unpaired) electrons. The second-order valence-corrected chi connectivity index (χ2v) is 8.24. The summed E-state index contributed by atoms with van der Waals surface area (Å²) in [6.07, 6.45) is 3.35. The second-order valence-electron chi connectivity index (χ2n) is 8.24. The van der Waals surface area contributed by atoms with E-state index >= 15 is 0 Å². The van der Waals surface area contributed by atoms with Crippen molar-refractivity contribution in [3.8, 4) is 11.1 Å². The molecule has 1 unspecified atom stereocenters. The predicted octanol–water partition coefficient (Wildman–Crippen LogP) is 4.26. The van der Waals surface area contributed by atoms with E-state index in [0.717, 1.165) is 36.8 Å². The molecule has 1 heterocycles. The van der Waals surface area contributed by atoms with Crippen molar-refractivity contribution in [2.75, 3.05) is 13.2 Å². The Bertz CT molecular complexity index is 902. The van der Waals surface area contributed by atoms with Crippen LogP contribution in [-0.2, 0) is 9.53 Å². The van der Waals surface area contributed by atoms with Gasteiger partial charge in [0.2, 0.25) is 0 Å². The van der Waals surface area contributed by atoms with Crippen LogP contribution in [0.5, 0.6) is 0 Å². The molecule has 5 rings (SSSR count). The van der Waals surface area contributed by atoms with Crippen LogP contribution in [0.4, 0.5) is 4.79 Å². The average Bonchev–Trinajstić information content (AvgIpc) is 3.29. The number of hydrogen-bond donors (Lipinski definition) is 1. The topological polar surface area (TPSA) is 66.8 Å². The van der Waals surface area contributed by atoms with Gasteiger partial charge >= 0.3 is 12.1 Å². The minimum Gasteiger partial charge on any atom is -0.480 e. The molecule has 0 aromatic heterocycles. The summed E-state index contributed by atoms with van der Waals surface area (Å²) in [5.41, 5.74) is 4.43. The van der Waals surface area contributed by atoms with E-state index in [1.165, 1.54) is 16.0 Å². The second kappa shape index (κ2) is 6.36. The summed E-state index contributed by atoms with van der Waals surface area (Å²) < 4.78 is 5.65. The van der Waals surface area contributed by atoms with E-state index < -0.39 is 18.1 Å². The molecule has 144 valence electrons. The molecule has 2 aromatic rings. The molecule has 28 heavy (non-hydrogen) atoms. The average molecular weight is 377 g/mol. The van der Waals surface area contributed by atoms with Gasteiger partial charge in [-0.15, -0.1) is 0 Å². The van der Waals surface area contributed by atoms with Gasteiger partial charge in [0.05, 0.1) is 0 Å². The van der Waals surface area contributed by atoms with Gasteiger partial charge in [0.1, 0.15) is 12.6 Å². The molecule has 1 N–H and O–H groups in total. The highest BCUT2D eigenvalue weighted by Crippen LogP contribution is 2.51. The number of carboxylic acids is 1. The number of carboxylic acid groups (broad SMARTS) is 1. The summed E-state index contributed by atoms with van der Waals surface area (Å²) in [4.78, 5) is 25.9. The third-order valence-electron chi connectivity index (χ3n) is 6.78.